The molecule has 2 aromatic rings. The normalized spacial score (nSPS) is 9.84. The Kier molecular flexibility index (Phi) is 3.73. The summed E-state index contributed by atoms with van der Waals surface area (Å²) in [5.41, 5.74) is 6.82. The minimum Gasteiger partial charge on any atom is -0.397 e. The van der Waals surface area contributed by atoms with E-state index in [0.29, 0.717) is 17.9 Å². The van der Waals surface area contributed by atoms with Crippen molar-refractivity contribution in [3.05, 3.63) is 36.4 Å². The monoisotopic (exact) mass is 256 g/mol. The zero-order chi connectivity index (χ0) is 13.7. The Balaban J connectivity index is 1.89. The Labute approximate surface area is 109 Å². The molecule has 7 heteroatoms. The van der Waals surface area contributed by atoms with Gasteiger partial charge in [0.2, 0.25) is 5.91 Å². The van der Waals surface area contributed by atoms with Gasteiger partial charge in [-0.1, -0.05) is 12.1 Å². The number of rotatable bonds is 4. The molecular formula is C12H12N6O. The van der Waals surface area contributed by atoms with Gasteiger partial charge < -0.3 is 11.1 Å². The molecule has 7 nitrogen and oxygen atoms in total. The number of nitrogens with two attached hydrogens (primary N) is 1. The smallest absolute Gasteiger partial charge is 0.252 e. The maximum Gasteiger partial charge on any atom is 0.252 e. The van der Waals surface area contributed by atoms with E-state index >= 15 is 0 Å². The van der Waals surface area contributed by atoms with Gasteiger partial charge >= 0.3 is 0 Å². The fraction of sp³-hybridized carbons (Fsp3) is 0.167. The topological polar surface area (TPSA) is 110 Å². The third kappa shape index (κ3) is 3.29. The van der Waals surface area contributed by atoms with Crippen LogP contribution in [0.15, 0.2) is 30.6 Å². The molecule has 0 aliphatic carbocycles. The quantitative estimate of drug-likeness (QED) is 0.785. The summed E-state index contributed by atoms with van der Waals surface area (Å²) in [6.07, 6.45) is 1.64. The van der Waals surface area contributed by atoms with Gasteiger partial charge in [-0.05, 0) is 12.1 Å². The molecule has 0 bridgehead atoms. The third-order valence-corrected chi connectivity index (χ3v) is 2.44. The van der Waals surface area contributed by atoms with Gasteiger partial charge in [0, 0.05) is 6.42 Å². The van der Waals surface area contributed by atoms with Crippen LogP contribution in [-0.2, 0) is 11.3 Å². The molecule has 19 heavy (non-hydrogen) atoms. The van der Waals surface area contributed by atoms with Crippen LogP contribution in [0.4, 0.5) is 11.4 Å². The van der Waals surface area contributed by atoms with Crippen molar-refractivity contribution in [1.82, 2.24) is 14.8 Å². The maximum absolute atomic E-state index is 11.7. The van der Waals surface area contributed by atoms with Crippen LogP contribution >= 0.6 is 0 Å². The summed E-state index contributed by atoms with van der Waals surface area (Å²) in [7, 11) is 0. The summed E-state index contributed by atoms with van der Waals surface area (Å²) in [5, 5.41) is 15.1. The fourth-order valence-electron chi connectivity index (χ4n) is 1.49. The molecule has 0 aliphatic heterocycles. The average molecular weight is 256 g/mol. The van der Waals surface area contributed by atoms with Gasteiger partial charge in [-0.15, -0.1) is 5.10 Å². The van der Waals surface area contributed by atoms with Crippen LogP contribution in [0.5, 0.6) is 0 Å². The number of nitriles is 1. The SMILES string of the molecule is N#Cc1ncn(CCC(=O)Nc2ccccc2N)n1. The van der Waals surface area contributed by atoms with E-state index in [2.05, 4.69) is 15.4 Å². The Hall–Kier alpha value is -2.88. The second kappa shape index (κ2) is 5.64. The second-order valence-corrected chi connectivity index (χ2v) is 3.83. The Bertz CT molecular complexity index is 627. The van der Waals surface area contributed by atoms with Crippen molar-refractivity contribution in [1.29, 1.82) is 5.26 Å². The number of hydrogen-bond donors (Lipinski definition) is 2. The number of nitrogens with one attached hydrogen (secondary N) is 1. The number of aromatic nitrogens is 3. The molecule has 1 aromatic carbocycles. The molecule has 1 amide bonds. The minimum atomic E-state index is -0.174. The Morgan fingerprint density at radius 3 is 2.95 bits per heavy atom. The van der Waals surface area contributed by atoms with E-state index in [1.807, 2.05) is 6.07 Å². The molecule has 2 rings (SSSR count). The van der Waals surface area contributed by atoms with Crippen molar-refractivity contribution in [3.63, 3.8) is 0 Å². The van der Waals surface area contributed by atoms with E-state index in [1.54, 1.807) is 24.3 Å². The standard InChI is InChI=1S/C12H12N6O/c13-7-11-15-8-18(17-11)6-5-12(19)16-10-4-2-1-3-9(10)14/h1-4,8H,5-6,14H2,(H,16,19). The van der Waals surface area contributed by atoms with E-state index in [4.69, 9.17) is 11.0 Å². The van der Waals surface area contributed by atoms with Crippen molar-refractivity contribution >= 4 is 17.3 Å². The number of para-hydroxylation sites is 2. The zero-order valence-electron chi connectivity index (χ0n) is 10.1. The van der Waals surface area contributed by atoms with Gasteiger partial charge in [-0.25, -0.2) is 4.98 Å². The number of carbonyl (C=O) groups is 1. The van der Waals surface area contributed by atoms with Gasteiger partial charge in [0.1, 0.15) is 12.4 Å². The minimum absolute atomic E-state index is 0.0905. The largest absolute Gasteiger partial charge is 0.397 e. The fourth-order valence-corrected chi connectivity index (χ4v) is 1.49. The summed E-state index contributed by atoms with van der Waals surface area (Å²) in [6.45, 7) is 0.354. The van der Waals surface area contributed by atoms with Crippen molar-refractivity contribution < 1.29 is 4.79 Å². The molecule has 0 atom stereocenters. The van der Waals surface area contributed by atoms with Crippen LogP contribution in [0.1, 0.15) is 12.2 Å². The predicted molar refractivity (Wildman–Crippen MR) is 68.8 cm³/mol. The van der Waals surface area contributed by atoms with Crippen molar-refractivity contribution in [3.8, 4) is 6.07 Å². The number of benzene rings is 1. The molecule has 1 heterocycles. The number of carbonyl (C=O) groups excluding carboxylic acids is 1. The van der Waals surface area contributed by atoms with Crippen LogP contribution in [0.2, 0.25) is 0 Å². The van der Waals surface area contributed by atoms with Crippen LogP contribution in [0.25, 0.3) is 0 Å². The lowest BCUT2D eigenvalue weighted by atomic mass is 10.2. The highest BCUT2D eigenvalue weighted by Gasteiger charge is 2.06. The lowest BCUT2D eigenvalue weighted by Gasteiger charge is -2.07. The molecule has 0 radical (unpaired) electrons. The molecule has 0 spiro atoms. The zero-order valence-corrected chi connectivity index (χ0v) is 10.1. The first-order chi connectivity index (χ1) is 9.19. The van der Waals surface area contributed by atoms with Gasteiger partial charge in [-0.2, -0.15) is 5.26 Å². The van der Waals surface area contributed by atoms with Gasteiger partial charge in [0.15, 0.2) is 0 Å². The molecule has 0 aliphatic rings. The average Bonchev–Trinajstić information content (AvgIpc) is 2.87. The Morgan fingerprint density at radius 1 is 1.47 bits per heavy atom. The number of hydrogen-bond acceptors (Lipinski definition) is 5. The number of amides is 1. The molecule has 96 valence electrons. The Morgan fingerprint density at radius 2 is 2.26 bits per heavy atom. The van der Waals surface area contributed by atoms with Crippen molar-refractivity contribution in [2.75, 3.05) is 11.1 Å². The summed E-state index contributed by atoms with van der Waals surface area (Å²) in [6, 6.07) is 8.86. The number of nitrogen functional groups attached to an aromatic ring is 1. The van der Waals surface area contributed by atoms with E-state index in [1.165, 1.54) is 11.0 Å². The summed E-state index contributed by atoms with van der Waals surface area (Å²) in [5.74, 6) is -0.0837. The molecule has 0 saturated carbocycles. The third-order valence-electron chi connectivity index (χ3n) is 2.44. The lowest BCUT2D eigenvalue weighted by molar-refractivity contribution is -0.116. The first-order valence-electron chi connectivity index (χ1n) is 5.63. The van der Waals surface area contributed by atoms with E-state index in [9.17, 15) is 4.79 Å². The van der Waals surface area contributed by atoms with Gasteiger partial charge in [0.25, 0.3) is 5.82 Å². The van der Waals surface area contributed by atoms with Crippen molar-refractivity contribution in [2.45, 2.75) is 13.0 Å². The highest BCUT2D eigenvalue weighted by atomic mass is 16.1. The van der Waals surface area contributed by atoms with E-state index in [-0.39, 0.29) is 18.2 Å². The molecule has 3 N–H and O–H groups in total. The second-order valence-electron chi connectivity index (χ2n) is 3.83. The number of anilines is 2. The summed E-state index contributed by atoms with van der Waals surface area (Å²) in [4.78, 5) is 15.5. The van der Waals surface area contributed by atoms with Gasteiger partial charge in [-0.3, -0.25) is 9.48 Å². The molecule has 0 unspecified atom stereocenters. The maximum atomic E-state index is 11.7. The summed E-state index contributed by atoms with van der Waals surface area (Å²) >= 11 is 0. The number of nitrogens with zero attached hydrogens (tertiary/aromatic N) is 4. The predicted octanol–water partition coefficient (Wildman–Crippen LogP) is 0.761. The van der Waals surface area contributed by atoms with Crippen LogP contribution in [-0.4, -0.2) is 20.7 Å². The van der Waals surface area contributed by atoms with E-state index < -0.39 is 0 Å². The first-order valence-corrected chi connectivity index (χ1v) is 5.63. The van der Waals surface area contributed by atoms with Crippen LogP contribution in [0.3, 0.4) is 0 Å². The molecule has 0 saturated heterocycles. The highest BCUT2D eigenvalue weighted by Crippen LogP contribution is 2.16. The molecule has 0 fully saturated rings. The highest BCUT2D eigenvalue weighted by molar-refractivity contribution is 5.93. The van der Waals surface area contributed by atoms with Gasteiger partial charge in [0.05, 0.1) is 17.9 Å². The van der Waals surface area contributed by atoms with Crippen LogP contribution in [0, 0.1) is 11.3 Å². The number of aryl methyl sites for hydroxylation is 1. The van der Waals surface area contributed by atoms with Crippen molar-refractivity contribution in [2.24, 2.45) is 0 Å². The molecule has 1 aromatic heterocycles. The van der Waals surface area contributed by atoms with E-state index in [0.717, 1.165) is 0 Å². The first kappa shape index (κ1) is 12.6. The lowest BCUT2D eigenvalue weighted by Crippen LogP contribution is -2.15. The molecular weight excluding hydrogens is 244 g/mol. The summed E-state index contributed by atoms with van der Waals surface area (Å²) < 4.78 is 1.45. The van der Waals surface area contributed by atoms with Crippen LogP contribution < -0.4 is 11.1 Å².